The molecule has 1 aromatic carbocycles. The quantitative estimate of drug-likeness (QED) is 0.853. The fourth-order valence-electron chi connectivity index (χ4n) is 2.75. The Balaban J connectivity index is 2.85. The Morgan fingerprint density at radius 3 is 1.90 bits per heavy atom. The summed E-state index contributed by atoms with van der Waals surface area (Å²) in [6, 6.07) is 5.12. The summed E-state index contributed by atoms with van der Waals surface area (Å²) in [6.07, 6.45) is 0. The van der Waals surface area contributed by atoms with E-state index in [1.807, 2.05) is 0 Å². The molecule has 0 aliphatic heterocycles. The van der Waals surface area contributed by atoms with Crippen molar-refractivity contribution in [2.45, 2.75) is 27.7 Å². The minimum absolute atomic E-state index is 0.0794. The Morgan fingerprint density at radius 1 is 1.05 bits per heavy atom. The molecule has 0 spiro atoms. The van der Waals surface area contributed by atoms with E-state index in [4.69, 9.17) is 0 Å². The molecular formula is C16H16BrNO3. The third kappa shape index (κ3) is 2.53. The molecule has 5 heteroatoms. The van der Waals surface area contributed by atoms with Gasteiger partial charge in [-0.05, 0) is 45.9 Å². The number of ketones is 2. The van der Waals surface area contributed by atoms with Crippen molar-refractivity contribution in [3.63, 3.8) is 0 Å². The van der Waals surface area contributed by atoms with Gasteiger partial charge >= 0.3 is 0 Å². The SMILES string of the molecule is CC(=O)c1c(C(C)=O)c(C)n(-c2ccc(Br)cc2O)c1C. The first-order valence-corrected chi connectivity index (χ1v) is 7.27. The second-order valence-corrected chi connectivity index (χ2v) is 5.92. The zero-order valence-electron chi connectivity index (χ0n) is 12.3. The van der Waals surface area contributed by atoms with Crippen molar-refractivity contribution in [1.82, 2.24) is 4.57 Å². The van der Waals surface area contributed by atoms with Crippen LogP contribution in [0.3, 0.4) is 0 Å². The Morgan fingerprint density at radius 2 is 1.52 bits per heavy atom. The summed E-state index contributed by atoms with van der Waals surface area (Å²) in [5, 5.41) is 10.2. The number of phenolic OH excluding ortho intramolecular Hbond substituents is 1. The van der Waals surface area contributed by atoms with Gasteiger partial charge in [-0.1, -0.05) is 15.9 Å². The Labute approximate surface area is 131 Å². The summed E-state index contributed by atoms with van der Waals surface area (Å²) in [5.41, 5.74) is 2.69. The average Bonchev–Trinajstić information content (AvgIpc) is 2.62. The van der Waals surface area contributed by atoms with Crippen molar-refractivity contribution in [2.75, 3.05) is 0 Å². The second-order valence-electron chi connectivity index (χ2n) is 5.00. The number of hydrogen-bond acceptors (Lipinski definition) is 3. The lowest BCUT2D eigenvalue weighted by atomic mass is 10.0. The van der Waals surface area contributed by atoms with Crippen LogP contribution in [0.25, 0.3) is 5.69 Å². The van der Waals surface area contributed by atoms with Gasteiger partial charge in [0, 0.05) is 27.0 Å². The highest BCUT2D eigenvalue weighted by atomic mass is 79.9. The molecule has 0 aliphatic rings. The molecule has 110 valence electrons. The Hall–Kier alpha value is -1.88. The maximum atomic E-state index is 11.9. The van der Waals surface area contributed by atoms with E-state index < -0.39 is 0 Å². The number of aromatic hydroxyl groups is 1. The highest BCUT2D eigenvalue weighted by Crippen LogP contribution is 2.32. The highest BCUT2D eigenvalue weighted by Gasteiger charge is 2.25. The number of benzene rings is 1. The maximum Gasteiger partial charge on any atom is 0.162 e. The molecule has 1 N–H and O–H groups in total. The van der Waals surface area contributed by atoms with Crippen LogP contribution in [0.2, 0.25) is 0 Å². The molecule has 0 saturated heterocycles. The van der Waals surface area contributed by atoms with Gasteiger partial charge in [0.1, 0.15) is 5.75 Å². The second kappa shape index (κ2) is 5.48. The molecule has 2 rings (SSSR count). The first-order valence-electron chi connectivity index (χ1n) is 6.48. The zero-order chi connectivity index (χ0) is 15.9. The van der Waals surface area contributed by atoms with Gasteiger partial charge in [-0.25, -0.2) is 0 Å². The van der Waals surface area contributed by atoms with Gasteiger partial charge in [0.25, 0.3) is 0 Å². The van der Waals surface area contributed by atoms with E-state index in [0.717, 1.165) is 4.47 Å². The topological polar surface area (TPSA) is 59.3 Å². The van der Waals surface area contributed by atoms with Crippen LogP contribution in [0.15, 0.2) is 22.7 Å². The fourth-order valence-corrected chi connectivity index (χ4v) is 3.09. The third-order valence-corrected chi connectivity index (χ3v) is 4.02. The van der Waals surface area contributed by atoms with Crippen molar-refractivity contribution in [3.8, 4) is 11.4 Å². The lowest BCUT2D eigenvalue weighted by Crippen LogP contribution is -2.02. The predicted molar refractivity (Wildman–Crippen MR) is 84.6 cm³/mol. The number of hydrogen-bond donors (Lipinski definition) is 1. The Bertz CT molecular complexity index is 722. The van der Waals surface area contributed by atoms with Crippen molar-refractivity contribution in [1.29, 1.82) is 0 Å². The van der Waals surface area contributed by atoms with Gasteiger partial charge in [0.05, 0.1) is 5.69 Å². The number of Topliss-reactive ketones (excluding diaryl/α,β-unsaturated/α-hetero) is 2. The van der Waals surface area contributed by atoms with Crippen molar-refractivity contribution < 1.29 is 14.7 Å². The van der Waals surface area contributed by atoms with E-state index in [0.29, 0.717) is 28.2 Å². The maximum absolute atomic E-state index is 11.9. The molecule has 0 saturated carbocycles. The van der Waals surface area contributed by atoms with E-state index in [9.17, 15) is 14.7 Å². The molecule has 0 radical (unpaired) electrons. The van der Waals surface area contributed by atoms with Crippen LogP contribution in [0.1, 0.15) is 46.0 Å². The van der Waals surface area contributed by atoms with Crippen LogP contribution in [0.5, 0.6) is 5.75 Å². The summed E-state index contributed by atoms with van der Waals surface area (Å²) in [6.45, 7) is 6.44. The van der Waals surface area contributed by atoms with Crippen molar-refractivity contribution >= 4 is 27.5 Å². The minimum Gasteiger partial charge on any atom is -0.506 e. The number of rotatable bonds is 3. The van der Waals surface area contributed by atoms with Gasteiger partial charge in [0.15, 0.2) is 11.6 Å². The molecule has 0 amide bonds. The van der Waals surface area contributed by atoms with Crippen LogP contribution >= 0.6 is 15.9 Å². The number of halogens is 1. The molecule has 0 unspecified atom stereocenters. The van der Waals surface area contributed by atoms with Crippen LogP contribution in [0.4, 0.5) is 0 Å². The van der Waals surface area contributed by atoms with Gasteiger partial charge in [-0.15, -0.1) is 0 Å². The van der Waals surface area contributed by atoms with Crippen LogP contribution < -0.4 is 0 Å². The number of phenols is 1. The molecule has 0 aliphatic carbocycles. The average molecular weight is 350 g/mol. The first kappa shape index (κ1) is 15.5. The number of nitrogens with zero attached hydrogens (tertiary/aromatic N) is 1. The summed E-state index contributed by atoms with van der Waals surface area (Å²) in [4.78, 5) is 23.8. The minimum atomic E-state index is -0.156. The van der Waals surface area contributed by atoms with Gasteiger partial charge < -0.3 is 9.67 Å². The smallest absolute Gasteiger partial charge is 0.162 e. The fraction of sp³-hybridized carbons (Fsp3) is 0.250. The molecule has 0 bridgehead atoms. The van der Waals surface area contributed by atoms with Gasteiger partial charge in [-0.2, -0.15) is 0 Å². The largest absolute Gasteiger partial charge is 0.506 e. The summed E-state index contributed by atoms with van der Waals surface area (Å²) < 4.78 is 2.50. The van der Waals surface area contributed by atoms with E-state index in [2.05, 4.69) is 15.9 Å². The number of aromatic nitrogens is 1. The Kier molecular flexibility index (Phi) is 4.05. The summed E-state index contributed by atoms with van der Waals surface area (Å²) in [7, 11) is 0. The molecule has 1 heterocycles. The van der Waals surface area contributed by atoms with E-state index in [1.54, 1.807) is 36.6 Å². The summed E-state index contributed by atoms with van der Waals surface area (Å²) in [5.74, 6) is -0.233. The summed E-state index contributed by atoms with van der Waals surface area (Å²) >= 11 is 3.29. The van der Waals surface area contributed by atoms with Crippen molar-refractivity contribution in [2.24, 2.45) is 0 Å². The van der Waals surface area contributed by atoms with Gasteiger partial charge in [-0.3, -0.25) is 9.59 Å². The standard InChI is InChI=1S/C16H16BrNO3/c1-8-15(10(3)19)16(11(4)20)9(2)18(8)13-6-5-12(17)7-14(13)21/h5-7,21H,1-4H3. The number of carbonyl (C=O) groups excluding carboxylic acids is 2. The lowest BCUT2D eigenvalue weighted by Gasteiger charge is -2.12. The van der Waals surface area contributed by atoms with Crippen molar-refractivity contribution in [3.05, 3.63) is 45.2 Å². The van der Waals surface area contributed by atoms with E-state index >= 15 is 0 Å². The zero-order valence-corrected chi connectivity index (χ0v) is 13.9. The normalized spacial score (nSPS) is 10.7. The van der Waals surface area contributed by atoms with Crippen LogP contribution in [0, 0.1) is 13.8 Å². The van der Waals surface area contributed by atoms with Gasteiger partial charge in [0.2, 0.25) is 0 Å². The lowest BCUT2D eigenvalue weighted by molar-refractivity contribution is 0.0981. The monoisotopic (exact) mass is 349 g/mol. The third-order valence-electron chi connectivity index (χ3n) is 3.53. The molecule has 0 fully saturated rings. The predicted octanol–water partition coefficient (Wildman–Crippen LogP) is 3.97. The molecule has 21 heavy (non-hydrogen) atoms. The first-order chi connectivity index (χ1) is 9.75. The molecular weight excluding hydrogens is 334 g/mol. The molecule has 2 aromatic rings. The van der Waals surface area contributed by atoms with E-state index in [1.165, 1.54) is 13.8 Å². The molecule has 0 atom stereocenters. The van der Waals surface area contributed by atoms with Crippen LogP contribution in [-0.2, 0) is 0 Å². The number of carbonyl (C=O) groups is 2. The van der Waals surface area contributed by atoms with Crippen LogP contribution in [-0.4, -0.2) is 21.2 Å². The highest BCUT2D eigenvalue weighted by molar-refractivity contribution is 9.10. The van der Waals surface area contributed by atoms with E-state index in [-0.39, 0.29) is 17.3 Å². The molecule has 4 nitrogen and oxygen atoms in total. The molecule has 1 aromatic heterocycles.